The minimum Gasteiger partial charge on any atom is -0.481 e. The van der Waals surface area contributed by atoms with Gasteiger partial charge in [-0.2, -0.15) is 5.26 Å². The zero-order valence-corrected chi connectivity index (χ0v) is 11.4. The highest BCUT2D eigenvalue weighted by Crippen LogP contribution is 2.32. The van der Waals surface area contributed by atoms with Crippen LogP contribution in [-0.4, -0.2) is 11.1 Å². The third kappa shape index (κ3) is 5.53. The molecule has 0 saturated heterocycles. The van der Waals surface area contributed by atoms with Crippen LogP contribution in [0.4, 0.5) is 0 Å². The summed E-state index contributed by atoms with van der Waals surface area (Å²) in [5.74, 6) is -0.760. The number of nitriles is 1. The second-order valence-electron chi connectivity index (χ2n) is 5.69. The highest BCUT2D eigenvalue weighted by atomic mass is 16.4. The molecule has 0 rings (SSSR count). The second-order valence-corrected chi connectivity index (χ2v) is 5.69. The normalized spacial score (nSPS) is 14.5. The first-order valence-corrected chi connectivity index (χ1v) is 6.02. The van der Waals surface area contributed by atoms with Crippen LogP contribution in [0.25, 0.3) is 0 Å². The number of carboxylic acid groups (broad SMARTS) is 1. The van der Waals surface area contributed by atoms with E-state index in [4.69, 9.17) is 10.4 Å². The fourth-order valence-corrected chi connectivity index (χ4v) is 1.51. The minimum atomic E-state index is -0.786. The van der Waals surface area contributed by atoms with Gasteiger partial charge >= 0.3 is 5.97 Å². The van der Waals surface area contributed by atoms with Crippen LogP contribution in [0.1, 0.15) is 47.5 Å². The monoisotopic (exact) mass is 237 g/mol. The van der Waals surface area contributed by atoms with E-state index < -0.39 is 11.9 Å². The summed E-state index contributed by atoms with van der Waals surface area (Å²) in [5, 5.41) is 18.0. The van der Waals surface area contributed by atoms with E-state index in [9.17, 15) is 4.79 Å². The number of hydrogen-bond donors (Lipinski definition) is 1. The van der Waals surface area contributed by atoms with Gasteiger partial charge in [0, 0.05) is 5.57 Å². The summed E-state index contributed by atoms with van der Waals surface area (Å²) in [6.45, 7) is 9.69. The highest BCUT2D eigenvalue weighted by molar-refractivity contribution is 5.70. The Labute approximate surface area is 104 Å². The molecule has 0 heterocycles. The van der Waals surface area contributed by atoms with Crippen LogP contribution < -0.4 is 0 Å². The Morgan fingerprint density at radius 1 is 1.41 bits per heavy atom. The van der Waals surface area contributed by atoms with Gasteiger partial charge in [-0.25, -0.2) is 0 Å². The lowest BCUT2D eigenvalue weighted by molar-refractivity contribution is -0.144. The molecule has 0 spiro atoms. The number of allylic oxidation sites excluding steroid dienone is 2. The predicted octanol–water partition coefficient (Wildman–Crippen LogP) is 3.62. The fraction of sp³-hybridized carbons (Fsp3) is 0.714. The lowest BCUT2D eigenvalue weighted by Crippen LogP contribution is -2.28. The van der Waals surface area contributed by atoms with Gasteiger partial charge in [-0.15, -0.1) is 0 Å². The number of aliphatic carboxylic acids is 1. The fourth-order valence-electron chi connectivity index (χ4n) is 1.51. The van der Waals surface area contributed by atoms with Crippen molar-refractivity contribution in [1.29, 1.82) is 5.26 Å². The molecule has 0 saturated carbocycles. The van der Waals surface area contributed by atoms with Crippen LogP contribution in [0.15, 0.2) is 11.6 Å². The number of carbonyl (C=O) groups is 1. The van der Waals surface area contributed by atoms with Gasteiger partial charge in [-0.1, -0.05) is 40.7 Å². The van der Waals surface area contributed by atoms with Crippen molar-refractivity contribution in [1.82, 2.24) is 0 Å². The van der Waals surface area contributed by atoms with E-state index in [0.29, 0.717) is 12.3 Å². The SMILES string of the molecule is CC(C)C/C(C#N)=C\CC(C)(C)C(C)C(=O)O. The molecule has 3 nitrogen and oxygen atoms in total. The molecule has 96 valence electrons. The predicted molar refractivity (Wildman–Crippen MR) is 68.3 cm³/mol. The van der Waals surface area contributed by atoms with E-state index in [1.807, 2.05) is 19.9 Å². The molecule has 1 N–H and O–H groups in total. The average molecular weight is 237 g/mol. The zero-order chi connectivity index (χ0) is 13.6. The molecule has 0 aliphatic rings. The molecule has 0 bridgehead atoms. The van der Waals surface area contributed by atoms with Gasteiger partial charge in [-0.3, -0.25) is 4.79 Å². The van der Waals surface area contributed by atoms with Crippen LogP contribution in [0.5, 0.6) is 0 Å². The second kappa shape index (κ2) is 6.44. The topological polar surface area (TPSA) is 61.1 Å². The molecule has 0 aromatic rings. The lowest BCUT2D eigenvalue weighted by Gasteiger charge is -2.27. The maximum Gasteiger partial charge on any atom is 0.306 e. The largest absolute Gasteiger partial charge is 0.481 e. The van der Waals surface area contributed by atoms with E-state index in [1.165, 1.54) is 0 Å². The Hall–Kier alpha value is -1.30. The summed E-state index contributed by atoms with van der Waals surface area (Å²) in [6.07, 6.45) is 3.27. The summed E-state index contributed by atoms with van der Waals surface area (Å²) in [7, 11) is 0. The van der Waals surface area contributed by atoms with Crippen LogP contribution in [0.3, 0.4) is 0 Å². The molecular weight excluding hydrogens is 214 g/mol. The van der Waals surface area contributed by atoms with Crippen LogP contribution in [0.2, 0.25) is 0 Å². The highest BCUT2D eigenvalue weighted by Gasteiger charge is 2.30. The van der Waals surface area contributed by atoms with Crippen molar-refractivity contribution < 1.29 is 9.90 Å². The summed E-state index contributed by atoms with van der Waals surface area (Å²) < 4.78 is 0. The Bertz CT molecular complexity index is 335. The summed E-state index contributed by atoms with van der Waals surface area (Å²) >= 11 is 0. The van der Waals surface area contributed by atoms with Gasteiger partial charge in [0.05, 0.1) is 12.0 Å². The maximum absolute atomic E-state index is 11.0. The Kier molecular flexibility index (Phi) is 5.95. The van der Waals surface area contributed by atoms with Gasteiger partial charge in [0.1, 0.15) is 0 Å². The van der Waals surface area contributed by atoms with Gasteiger partial charge in [-0.05, 0) is 24.2 Å². The molecular formula is C14H23NO2. The molecule has 3 heteroatoms. The molecule has 1 unspecified atom stereocenters. The first-order chi connectivity index (χ1) is 7.70. The van der Waals surface area contributed by atoms with E-state index in [0.717, 1.165) is 12.0 Å². The van der Waals surface area contributed by atoms with Crippen LogP contribution in [0, 0.1) is 28.6 Å². The van der Waals surface area contributed by atoms with Crippen LogP contribution in [-0.2, 0) is 4.79 Å². The Morgan fingerprint density at radius 2 is 1.94 bits per heavy atom. The standard InChI is InChI=1S/C14H23NO2/c1-10(2)8-12(9-15)6-7-14(4,5)11(3)13(16)17/h6,10-11H,7-8H2,1-5H3,(H,16,17)/b12-6+. The van der Waals surface area contributed by atoms with Gasteiger partial charge < -0.3 is 5.11 Å². The molecule has 0 aromatic heterocycles. The van der Waals surface area contributed by atoms with Crippen molar-refractivity contribution in [2.75, 3.05) is 0 Å². The molecule has 0 aromatic carbocycles. The van der Waals surface area contributed by atoms with Gasteiger partial charge in [0.15, 0.2) is 0 Å². The average Bonchev–Trinajstić information content (AvgIpc) is 2.22. The molecule has 0 fully saturated rings. The van der Waals surface area contributed by atoms with E-state index >= 15 is 0 Å². The van der Waals surface area contributed by atoms with E-state index in [-0.39, 0.29) is 5.41 Å². The molecule has 0 amide bonds. The van der Waals surface area contributed by atoms with Crippen LogP contribution >= 0.6 is 0 Å². The number of nitrogens with zero attached hydrogens (tertiary/aromatic N) is 1. The number of carboxylic acids is 1. The number of hydrogen-bond acceptors (Lipinski definition) is 2. The smallest absolute Gasteiger partial charge is 0.306 e. The molecule has 17 heavy (non-hydrogen) atoms. The van der Waals surface area contributed by atoms with Gasteiger partial charge in [0.25, 0.3) is 0 Å². The molecule has 0 aliphatic heterocycles. The third-order valence-electron chi connectivity index (χ3n) is 3.19. The van der Waals surface area contributed by atoms with Crippen molar-refractivity contribution in [3.8, 4) is 6.07 Å². The molecule has 1 atom stereocenters. The first kappa shape index (κ1) is 15.7. The maximum atomic E-state index is 11.0. The summed E-state index contributed by atoms with van der Waals surface area (Å²) in [4.78, 5) is 11.0. The lowest BCUT2D eigenvalue weighted by atomic mass is 9.76. The minimum absolute atomic E-state index is 0.328. The third-order valence-corrected chi connectivity index (χ3v) is 3.19. The van der Waals surface area contributed by atoms with Crippen molar-refractivity contribution in [3.63, 3.8) is 0 Å². The first-order valence-electron chi connectivity index (χ1n) is 6.02. The van der Waals surface area contributed by atoms with Gasteiger partial charge in [0.2, 0.25) is 0 Å². The van der Waals surface area contributed by atoms with Crippen molar-refractivity contribution in [2.45, 2.75) is 47.5 Å². The molecule has 0 radical (unpaired) electrons. The van der Waals surface area contributed by atoms with Crippen molar-refractivity contribution in [3.05, 3.63) is 11.6 Å². The van der Waals surface area contributed by atoms with Crippen molar-refractivity contribution >= 4 is 5.97 Å². The zero-order valence-electron chi connectivity index (χ0n) is 11.4. The number of rotatable bonds is 6. The summed E-state index contributed by atoms with van der Waals surface area (Å²) in [5.41, 5.74) is 0.427. The molecule has 0 aliphatic carbocycles. The summed E-state index contributed by atoms with van der Waals surface area (Å²) in [6, 6.07) is 2.19. The van der Waals surface area contributed by atoms with Crippen molar-refractivity contribution in [2.24, 2.45) is 17.3 Å². The Balaban J connectivity index is 4.67. The quantitative estimate of drug-likeness (QED) is 0.718. The van der Waals surface area contributed by atoms with E-state index in [2.05, 4.69) is 19.9 Å². The Morgan fingerprint density at radius 3 is 2.29 bits per heavy atom. The van der Waals surface area contributed by atoms with E-state index in [1.54, 1.807) is 6.92 Å².